The van der Waals surface area contributed by atoms with Crippen LogP contribution >= 0.6 is 0 Å². The predicted octanol–water partition coefficient (Wildman–Crippen LogP) is 2.69. The number of hydrogen-bond acceptors (Lipinski definition) is 3. The van der Waals surface area contributed by atoms with E-state index in [0.717, 1.165) is 12.1 Å². The number of nitrogens with two attached hydrogens (primary N) is 1. The molecule has 2 rings (SSSR count). The molecule has 0 saturated heterocycles. The van der Waals surface area contributed by atoms with Gasteiger partial charge in [-0.3, -0.25) is 0 Å². The SMILES string of the molecule is Cc1cc(F)c(F)cc1Oc1c(N)c(C)nn1C. The summed E-state index contributed by atoms with van der Waals surface area (Å²) in [6.45, 7) is 3.36. The maximum Gasteiger partial charge on any atom is 0.241 e. The van der Waals surface area contributed by atoms with Gasteiger partial charge in [0.05, 0.1) is 5.69 Å². The van der Waals surface area contributed by atoms with Gasteiger partial charge in [-0.05, 0) is 25.5 Å². The molecule has 0 saturated carbocycles. The molecule has 0 aliphatic rings. The van der Waals surface area contributed by atoms with Crippen molar-refractivity contribution in [2.45, 2.75) is 13.8 Å². The van der Waals surface area contributed by atoms with Crippen molar-refractivity contribution >= 4 is 5.69 Å². The van der Waals surface area contributed by atoms with Crippen LogP contribution in [-0.4, -0.2) is 9.78 Å². The second-order valence-corrected chi connectivity index (χ2v) is 4.06. The zero-order chi connectivity index (χ0) is 13.4. The van der Waals surface area contributed by atoms with Crippen molar-refractivity contribution in [1.82, 2.24) is 9.78 Å². The van der Waals surface area contributed by atoms with Crippen LogP contribution in [0.3, 0.4) is 0 Å². The van der Waals surface area contributed by atoms with Crippen molar-refractivity contribution in [2.24, 2.45) is 7.05 Å². The minimum absolute atomic E-state index is 0.212. The minimum atomic E-state index is -0.965. The lowest BCUT2D eigenvalue weighted by molar-refractivity contribution is 0.420. The summed E-state index contributed by atoms with van der Waals surface area (Å²) in [5.41, 5.74) is 7.27. The van der Waals surface area contributed by atoms with E-state index in [4.69, 9.17) is 10.5 Å². The summed E-state index contributed by atoms with van der Waals surface area (Å²) >= 11 is 0. The summed E-state index contributed by atoms with van der Waals surface area (Å²) in [5, 5.41) is 4.08. The molecule has 0 atom stereocenters. The Hall–Kier alpha value is -2.11. The number of aromatic nitrogens is 2. The van der Waals surface area contributed by atoms with E-state index in [0.29, 0.717) is 22.8 Å². The van der Waals surface area contributed by atoms with Gasteiger partial charge < -0.3 is 10.5 Å². The molecule has 0 aliphatic heterocycles. The predicted molar refractivity (Wildman–Crippen MR) is 63.5 cm³/mol. The normalized spacial score (nSPS) is 10.7. The lowest BCUT2D eigenvalue weighted by atomic mass is 10.2. The maximum absolute atomic E-state index is 13.2. The first-order chi connectivity index (χ1) is 8.40. The first kappa shape index (κ1) is 12.3. The summed E-state index contributed by atoms with van der Waals surface area (Å²) in [6, 6.07) is 2.07. The highest BCUT2D eigenvalue weighted by molar-refractivity contribution is 5.54. The third-order valence-electron chi connectivity index (χ3n) is 2.64. The Kier molecular flexibility index (Phi) is 2.94. The zero-order valence-corrected chi connectivity index (χ0v) is 10.3. The first-order valence-electron chi connectivity index (χ1n) is 5.32. The molecule has 1 aromatic heterocycles. The fraction of sp³-hybridized carbons (Fsp3) is 0.250. The minimum Gasteiger partial charge on any atom is -0.437 e. The van der Waals surface area contributed by atoms with Crippen molar-refractivity contribution in [2.75, 3.05) is 5.73 Å². The quantitative estimate of drug-likeness (QED) is 0.895. The van der Waals surface area contributed by atoms with Crippen LogP contribution in [0.5, 0.6) is 11.6 Å². The Bertz CT molecular complexity index is 608. The number of nitrogen functional groups attached to an aromatic ring is 1. The van der Waals surface area contributed by atoms with Gasteiger partial charge in [0.25, 0.3) is 0 Å². The standard InChI is InChI=1S/C12H13F2N3O/c1-6-4-8(13)9(14)5-10(6)18-12-11(15)7(2)16-17(12)3/h4-5H,15H2,1-3H3. The molecule has 6 heteroatoms. The second kappa shape index (κ2) is 4.29. The lowest BCUT2D eigenvalue weighted by Crippen LogP contribution is -1.99. The summed E-state index contributed by atoms with van der Waals surface area (Å²) in [5.74, 6) is -1.35. The van der Waals surface area contributed by atoms with Crippen LogP contribution < -0.4 is 10.5 Å². The average Bonchev–Trinajstić information content (AvgIpc) is 2.52. The van der Waals surface area contributed by atoms with Crippen LogP contribution in [0.1, 0.15) is 11.3 Å². The molecule has 0 spiro atoms. The van der Waals surface area contributed by atoms with Gasteiger partial charge in [0.1, 0.15) is 11.4 Å². The number of anilines is 1. The van der Waals surface area contributed by atoms with Gasteiger partial charge in [0.2, 0.25) is 5.88 Å². The van der Waals surface area contributed by atoms with Gasteiger partial charge in [0, 0.05) is 13.1 Å². The molecule has 2 N–H and O–H groups in total. The Labute approximate surface area is 103 Å². The van der Waals surface area contributed by atoms with Gasteiger partial charge >= 0.3 is 0 Å². The van der Waals surface area contributed by atoms with Gasteiger partial charge in [0.15, 0.2) is 11.6 Å². The second-order valence-electron chi connectivity index (χ2n) is 4.06. The van der Waals surface area contributed by atoms with Gasteiger partial charge in [-0.25, -0.2) is 13.5 Å². The number of nitrogens with zero attached hydrogens (tertiary/aromatic N) is 2. The van der Waals surface area contributed by atoms with E-state index in [1.54, 1.807) is 20.9 Å². The summed E-state index contributed by atoms with van der Waals surface area (Å²) in [4.78, 5) is 0. The summed E-state index contributed by atoms with van der Waals surface area (Å²) in [7, 11) is 1.66. The Morgan fingerprint density at radius 1 is 1.22 bits per heavy atom. The molecule has 0 unspecified atom stereocenters. The van der Waals surface area contributed by atoms with Crippen molar-refractivity contribution in [3.63, 3.8) is 0 Å². The molecule has 18 heavy (non-hydrogen) atoms. The number of benzene rings is 1. The molecular weight excluding hydrogens is 240 g/mol. The van der Waals surface area contributed by atoms with Crippen LogP contribution in [0.25, 0.3) is 0 Å². The third kappa shape index (κ3) is 2.01. The van der Waals surface area contributed by atoms with E-state index in [9.17, 15) is 8.78 Å². The van der Waals surface area contributed by atoms with E-state index < -0.39 is 11.6 Å². The van der Waals surface area contributed by atoms with Crippen molar-refractivity contribution < 1.29 is 13.5 Å². The molecule has 96 valence electrons. The van der Waals surface area contributed by atoms with Crippen LogP contribution in [0.15, 0.2) is 12.1 Å². The maximum atomic E-state index is 13.2. The topological polar surface area (TPSA) is 53.1 Å². The number of aryl methyl sites for hydroxylation is 3. The Morgan fingerprint density at radius 2 is 1.83 bits per heavy atom. The fourth-order valence-corrected chi connectivity index (χ4v) is 1.62. The first-order valence-corrected chi connectivity index (χ1v) is 5.32. The number of rotatable bonds is 2. The highest BCUT2D eigenvalue weighted by Gasteiger charge is 2.15. The van der Waals surface area contributed by atoms with E-state index >= 15 is 0 Å². The molecular formula is C12H13F2N3O. The number of halogens is 2. The van der Waals surface area contributed by atoms with E-state index in [1.807, 2.05) is 0 Å². The number of hydrogen-bond donors (Lipinski definition) is 1. The van der Waals surface area contributed by atoms with Crippen LogP contribution in [-0.2, 0) is 7.05 Å². The van der Waals surface area contributed by atoms with Gasteiger partial charge in [-0.15, -0.1) is 0 Å². The molecule has 0 radical (unpaired) electrons. The average molecular weight is 253 g/mol. The third-order valence-corrected chi connectivity index (χ3v) is 2.64. The molecule has 4 nitrogen and oxygen atoms in total. The molecule has 0 bridgehead atoms. The molecule has 0 fully saturated rings. The van der Waals surface area contributed by atoms with E-state index in [2.05, 4.69) is 5.10 Å². The van der Waals surface area contributed by atoms with Gasteiger partial charge in [-0.1, -0.05) is 0 Å². The van der Waals surface area contributed by atoms with E-state index in [1.165, 1.54) is 4.68 Å². The highest BCUT2D eigenvalue weighted by atomic mass is 19.2. The van der Waals surface area contributed by atoms with Crippen molar-refractivity contribution in [3.8, 4) is 11.6 Å². The summed E-state index contributed by atoms with van der Waals surface area (Å²) in [6.07, 6.45) is 0. The Morgan fingerprint density at radius 3 is 2.39 bits per heavy atom. The molecule has 0 amide bonds. The van der Waals surface area contributed by atoms with Crippen molar-refractivity contribution in [3.05, 3.63) is 35.0 Å². The van der Waals surface area contributed by atoms with Gasteiger partial charge in [-0.2, -0.15) is 5.10 Å². The lowest BCUT2D eigenvalue weighted by Gasteiger charge is -2.09. The zero-order valence-electron chi connectivity index (χ0n) is 10.3. The Balaban J connectivity index is 2.43. The molecule has 0 aliphatic carbocycles. The van der Waals surface area contributed by atoms with Crippen LogP contribution in [0.4, 0.5) is 14.5 Å². The fourth-order valence-electron chi connectivity index (χ4n) is 1.62. The monoisotopic (exact) mass is 253 g/mol. The van der Waals surface area contributed by atoms with E-state index in [-0.39, 0.29) is 5.75 Å². The molecule has 1 aromatic carbocycles. The van der Waals surface area contributed by atoms with Crippen LogP contribution in [0.2, 0.25) is 0 Å². The van der Waals surface area contributed by atoms with Crippen LogP contribution in [0, 0.1) is 25.5 Å². The summed E-state index contributed by atoms with van der Waals surface area (Å²) < 4.78 is 33.1. The number of ether oxygens (including phenoxy) is 1. The van der Waals surface area contributed by atoms with Crippen molar-refractivity contribution in [1.29, 1.82) is 0 Å². The largest absolute Gasteiger partial charge is 0.437 e. The molecule has 1 heterocycles. The highest BCUT2D eigenvalue weighted by Crippen LogP contribution is 2.31. The molecule has 2 aromatic rings. The smallest absolute Gasteiger partial charge is 0.241 e.